The van der Waals surface area contributed by atoms with Crippen molar-refractivity contribution in [3.63, 3.8) is 0 Å². The van der Waals surface area contributed by atoms with E-state index in [1.165, 1.54) is 11.1 Å². The Morgan fingerprint density at radius 1 is 0.955 bits per heavy atom. The highest BCUT2D eigenvalue weighted by Crippen LogP contribution is 2.46. The van der Waals surface area contributed by atoms with Crippen molar-refractivity contribution in [2.24, 2.45) is 0 Å². The molecule has 116 valence electrons. The summed E-state index contributed by atoms with van der Waals surface area (Å²) < 4.78 is 37.9. The third-order valence-corrected chi connectivity index (χ3v) is 4.68. The second kappa shape index (κ2) is 4.87. The van der Waals surface area contributed by atoms with E-state index in [0.29, 0.717) is 5.92 Å². The highest BCUT2D eigenvalue weighted by molar-refractivity contribution is 5.66. The van der Waals surface area contributed by atoms with Gasteiger partial charge in [0.25, 0.3) is 0 Å². The predicted molar refractivity (Wildman–Crippen MR) is 82.9 cm³/mol. The molecule has 1 atom stereocenters. The average Bonchev–Trinajstić information content (AvgIpc) is 2.68. The number of hydrogen-bond donors (Lipinski definition) is 0. The number of alkyl halides is 3. The van der Waals surface area contributed by atoms with Crippen LogP contribution < -0.4 is 0 Å². The molecule has 0 bridgehead atoms. The van der Waals surface area contributed by atoms with Gasteiger partial charge in [-0.15, -0.1) is 0 Å². The van der Waals surface area contributed by atoms with Crippen LogP contribution in [0.3, 0.4) is 0 Å². The van der Waals surface area contributed by atoms with Crippen LogP contribution in [0.25, 0.3) is 11.1 Å². The lowest BCUT2D eigenvalue weighted by molar-refractivity contribution is -0.137. The molecule has 1 unspecified atom stereocenters. The second-order valence-corrected chi connectivity index (χ2v) is 6.87. The molecule has 3 rings (SSSR count). The fourth-order valence-electron chi connectivity index (χ4n) is 3.59. The van der Waals surface area contributed by atoms with Crippen LogP contribution >= 0.6 is 0 Å². The van der Waals surface area contributed by atoms with Gasteiger partial charge in [-0.25, -0.2) is 0 Å². The largest absolute Gasteiger partial charge is 0.416 e. The van der Waals surface area contributed by atoms with Crippen LogP contribution in [0.5, 0.6) is 0 Å². The topological polar surface area (TPSA) is 0 Å². The van der Waals surface area contributed by atoms with E-state index in [4.69, 9.17) is 0 Å². The van der Waals surface area contributed by atoms with Crippen LogP contribution in [-0.4, -0.2) is 0 Å². The molecular formula is C19H19F3. The second-order valence-electron chi connectivity index (χ2n) is 6.87. The van der Waals surface area contributed by atoms with Crippen molar-refractivity contribution in [3.8, 4) is 11.1 Å². The van der Waals surface area contributed by atoms with Gasteiger partial charge in [-0.05, 0) is 52.1 Å². The summed E-state index contributed by atoms with van der Waals surface area (Å²) in [4.78, 5) is 0. The molecule has 0 nitrogen and oxygen atoms in total. The predicted octanol–water partition coefficient (Wildman–Crippen LogP) is 6.16. The van der Waals surface area contributed by atoms with Crippen molar-refractivity contribution >= 4 is 0 Å². The van der Waals surface area contributed by atoms with Crippen LogP contribution in [0, 0.1) is 0 Å². The first-order chi connectivity index (χ1) is 10.2. The number of rotatable bonds is 1. The van der Waals surface area contributed by atoms with Gasteiger partial charge in [0.1, 0.15) is 0 Å². The van der Waals surface area contributed by atoms with Gasteiger partial charge in [-0.2, -0.15) is 13.2 Å². The van der Waals surface area contributed by atoms with E-state index >= 15 is 0 Å². The Hall–Kier alpha value is -1.77. The third kappa shape index (κ3) is 2.53. The van der Waals surface area contributed by atoms with Crippen LogP contribution in [0.2, 0.25) is 0 Å². The quantitative estimate of drug-likeness (QED) is 0.592. The Bertz CT molecular complexity index is 694. The molecule has 0 radical (unpaired) electrons. The Kier molecular flexibility index (Phi) is 3.35. The standard InChI is InChI=1S/C19H19F3/c1-12-11-18(2,3)17-10-14(6-9-16(12)17)13-4-7-15(8-5-13)19(20,21)22/h4-10,12H,11H2,1-3H3. The highest BCUT2D eigenvalue weighted by Gasteiger charge is 2.34. The highest BCUT2D eigenvalue weighted by atomic mass is 19.4. The lowest BCUT2D eigenvalue weighted by atomic mass is 9.85. The van der Waals surface area contributed by atoms with Gasteiger partial charge in [0.15, 0.2) is 0 Å². The molecule has 1 aliphatic carbocycles. The van der Waals surface area contributed by atoms with Crippen LogP contribution in [0.1, 0.15) is 49.8 Å². The van der Waals surface area contributed by atoms with E-state index in [0.717, 1.165) is 29.7 Å². The van der Waals surface area contributed by atoms with Crippen molar-refractivity contribution in [2.45, 2.75) is 44.7 Å². The Balaban J connectivity index is 2.01. The normalized spacial score (nSPS) is 20.0. The Morgan fingerprint density at radius 2 is 1.55 bits per heavy atom. The van der Waals surface area contributed by atoms with Crippen molar-refractivity contribution < 1.29 is 13.2 Å². The molecule has 0 spiro atoms. The zero-order chi connectivity index (χ0) is 16.1. The summed E-state index contributed by atoms with van der Waals surface area (Å²) in [6.07, 6.45) is -3.17. The number of halogens is 3. The molecule has 3 heteroatoms. The maximum Gasteiger partial charge on any atom is 0.416 e. The first-order valence-electron chi connectivity index (χ1n) is 7.50. The molecule has 0 N–H and O–H groups in total. The van der Waals surface area contributed by atoms with Gasteiger partial charge >= 0.3 is 6.18 Å². The Labute approximate surface area is 129 Å². The molecule has 0 saturated carbocycles. The maximum atomic E-state index is 12.6. The summed E-state index contributed by atoms with van der Waals surface area (Å²) in [7, 11) is 0. The average molecular weight is 304 g/mol. The molecule has 1 aliphatic rings. The Morgan fingerprint density at radius 3 is 2.14 bits per heavy atom. The number of benzene rings is 2. The first kappa shape index (κ1) is 15.1. The molecule has 0 heterocycles. The monoisotopic (exact) mass is 304 g/mol. The molecular weight excluding hydrogens is 285 g/mol. The van der Waals surface area contributed by atoms with Crippen LogP contribution in [-0.2, 0) is 11.6 Å². The minimum Gasteiger partial charge on any atom is -0.166 e. The van der Waals surface area contributed by atoms with Gasteiger partial charge in [0.05, 0.1) is 5.56 Å². The first-order valence-corrected chi connectivity index (χ1v) is 7.50. The van der Waals surface area contributed by atoms with Crippen LogP contribution in [0.15, 0.2) is 42.5 Å². The third-order valence-electron chi connectivity index (χ3n) is 4.68. The van der Waals surface area contributed by atoms with E-state index in [1.807, 2.05) is 6.07 Å². The molecule has 0 saturated heterocycles. The minimum atomic E-state index is -4.28. The van der Waals surface area contributed by atoms with E-state index < -0.39 is 11.7 Å². The SMILES string of the molecule is CC1CC(C)(C)c2cc(-c3ccc(C(F)(F)F)cc3)ccc21. The van der Waals surface area contributed by atoms with Gasteiger partial charge in [-0.3, -0.25) is 0 Å². The van der Waals surface area contributed by atoms with E-state index in [1.54, 1.807) is 12.1 Å². The lowest BCUT2D eigenvalue weighted by Crippen LogP contribution is -2.12. The summed E-state index contributed by atoms with van der Waals surface area (Å²) in [6, 6.07) is 11.7. The van der Waals surface area contributed by atoms with Gasteiger partial charge in [-0.1, -0.05) is 51.1 Å². The summed E-state index contributed by atoms with van der Waals surface area (Å²) in [5, 5.41) is 0. The molecule has 0 aromatic heterocycles. The fourth-order valence-corrected chi connectivity index (χ4v) is 3.59. The van der Waals surface area contributed by atoms with E-state index in [9.17, 15) is 13.2 Å². The molecule has 0 fully saturated rings. The minimum absolute atomic E-state index is 0.122. The summed E-state index contributed by atoms with van der Waals surface area (Å²) in [5.74, 6) is 0.534. The van der Waals surface area contributed by atoms with Crippen LogP contribution in [0.4, 0.5) is 13.2 Å². The zero-order valence-corrected chi connectivity index (χ0v) is 13.0. The smallest absolute Gasteiger partial charge is 0.166 e. The van der Waals surface area contributed by atoms with Crippen molar-refractivity contribution in [1.29, 1.82) is 0 Å². The molecule has 0 amide bonds. The van der Waals surface area contributed by atoms with Crippen molar-refractivity contribution in [1.82, 2.24) is 0 Å². The molecule has 22 heavy (non-hydrogen) atoms. The summed E-state index contributed by atoms with van der Waals surface area (Å²) in [5.41, 5.74) is 4.00. The van der Waals surface area contributed by atoms with E-state index in [2.05, 4.69) is 32.9 Å². The molecule has 2 aromatic rings. The van der Waals surface area contributed by atoms with Gasteiger partial charge in [0.2, 0.25) is 0 Å². The van der Waals surface area contributed by atoms with E-state index in [-0.39, 0.29) is 5.41 Å². The van der Waals surface area contributed by atoms with Crippen molar-refractivity contribution in [2.75, 3.05) is 0 Å². The molecule has 0 aliphatic heterocycles. The van der Waals surface area contributed by atoms with Gasteiger partial charge < -0.3 is 0 Å². The number of fused-ring (bicyclic) bond motifs is 1. The van der Waals surface area contributed by atoms with Gasteiger partial charge in [0, 0.05) is 0 Å². The molecule has 2 aromatic carbocycles. The fraction of sp³-hybridized carbons (Fsp3) is 0.368. The lowest BCUT2D eigenvalue weighted by Gasteiger charge is -2.20. The zero-order valence-electron chi connectivity index (χ0n) is 13.0. The number of hydrogen-bond acceptors (Lipinski definition) is 0. The van der Waals surface area contributed by atoms with Crippen molar-refractivity contribution in [3.05, 3.63) is 59.2 Å². The summed E-state index contributed by atoms with van der Waals surface area (Å²) >= 11 is 0. The maximum absolute atomic E-state index is 12.6. The summed E-state index contributed by atoms with van der Waals surface area (Å²) in [6.45, 7) is 6.68.